The number of nitrogens with one attached hydrogen (secondary N) is 2. The van der Waals surface area contributed by atoms with Gasteiger partial charge in [-0.05, 0) is 43.3 Å². The van der Waals surface area contributed by atoms with Crippen LogP contribution in [0.15, 0.2) is 42.5 Å². The van der Waals surface area contributed by atoms with Gasteiger partial charge in [0.05, 0.1) is 13.2 Å². The smallest absolute Gasteiger partial charge is 0.243 e. The second-order valence-electron chi connectivity index (χ2n) is 4.93. The molecule has 1 heterocycles. The molecule has 6 nitrogen and oxygen atoms in total. The Balaban J connectivity index is 1.51. The number of ether oxygens (including phenoxy) is 3. The molecule has 0 fully saturated rings. The lowest BCUT2D eigenvalue weighted by Gasteiger charge is -2.09. The van der Waals surface area contributed by atoms with Crippen LogP contribution in [-0.2, 0) is 4.79 Å². The molecule has 1 amide bonds. The molecule has 0 saturated heterocycles. The molecule has 6 heteroatoms. The fourth-order valence-electron chi connectivity index (χ4n) is 2.20. The first-order chi connectivity index (χ1) is 11.2. The average molecular weight is 314 g/mol. The molecule has 3 rings (SSSR count). The Labute approximate surface area is 134 Å². The highest BCUT2D eigenvalue weighted by Gasteiger charge is 2.13. The minimum atomic E-state index is -0.133. The number of anilines is 2. The average Bonchev–Trinajstić information content (AvgIpc) is 3.03. The number of benzene rings is 2. The van der Waals surface area contributed by atoms with Crippen molar-refractivity contribution in [1.29, 1.82) is 0 Å². The van der Waals surface area contributed by atoms with Gasteiger partial charge in [-0.25, -0.2) is 0 Å². The van der Waals surface area contributed by atoms with Gasteiger partial charge in [-0.2, -0.15) is 0 Å². The van der Waals surface area contributed by atoms with Crippen LogP contribution in [0.4, 0.5) is 11.4 Å². The summed E-state index contributed by atoms with van der Waals surface area (Å²) in [6, 6.07) is 12.7. The van der Waals surface area contributed by atoms with Gasteiger partial charge >= 0.3 is 0 Å². The van der Waals surface area contributed by atoms with Crippen LogP contribution in [-0.4, -0.2) is 25.9 Å². The van der Waals surface area contributed by atoms with Crippen LogP contribution in [0.3, 0.4) is 0 Å². The first kappa shape index (κ1) is 15.0. The van der Waals surface area contributed by atoms with Crippen molar-refractivity contribution >= 4 is 17.3 Å². The molecule has 23 heavy (non-hydrogen) atoms. The van der Waals surface area contributed by atoms with Crippen LogP contribution >= 0.6 is 0 Å². The molecule has 2 aromatic rings. The van der Waals surface area contributed by atoms with E-state index in [9.17, 15) is 4.79 Å². The topological polar surface area (TPSA) is 68.8 Å². The van der Waals surface area contributed by atoms with E-state index in [1.165, 1.54) is 0 Å². The molecule has 0 unspecified atom stereocenters. The lowest BCUT2D eigenvalue weighted by Crippen LogP contribution is -2.21. The first-order valence-electron chi connectivity index (χ1n) is 7.41. The van der Waals surface area contributed by atoms with Crippen molar-refractivity contribution in [1.82, 2.24) is 0 Å². The van der Waals surface area contributed by atoms with Gasteiger partial charge in [0.1, 0.15) is 5.75 Å². The fraction of sp³-hybridized carbons (Fsp3) is 0.235. The molecule has 1 aliphatic rings. The molecule has 0 bridgehead atoms. The Morgan fingerprint density at radius 2 is 1.83 bits per heavy atom. The summed E-state index contributed by atoms with van der Waals surface area (Å²) in [5.74, 6) is 2.05. The van der Waals surface area contributed by atoms with E-state index in [-0.39, 0.29) is 19.2 Å². The Morgan fingerprint density at radius 3 is 2.61 bits per heavy atom. The summed E-state index contributed by atoms with van der Waals surface area (Å²) in [4.78, 5) is 12.0. The van der Waals surface area contributed by atoms with Crippen LogP contribution in [0.5, 0.6) is 17.2 Å². The zero-order valence-electron chi connectivity index (χ0n) is 12.8. The minimum absolute atomic E-state index is 0.133. The highest BCUT2D eigenvalue weighted by atomic mass is 16.7. The SMILES string of the molecule is CCOc1ccc(NC(=O)CNc2ccc3c(c2)OCO3)cc1. The maximum Gasteiger partial charge on any atom is 0.243 e. The molecule has 0 radical (unpaired) electrons. The van der Waals surface area contributed by atoms with Gasteiger partial charge in [-0.3, -0.25) is 4.79 Å². The number of hydrogen-bond donors (Lipinski definition) is 2. The summed E-state index contributed by atoms with van der Waals surface area (Å²) in [6.07, 6.45) is 0. The van der Waals surface area contributed by atoms with Gasteiger partial charge in [0, 0.05) is 17.4 Å². The van der Waals surface area contributed by atoms with E-state index in [1.807, 2.05) is 49.4 Å². The van der Waals surface area contributed by atoms with E-state index >= 15 is 0 Å². The van der Waals surface area contributed by atoms with Gasteiger partial charge < -0.3 is 24.8 Å². The summed E-state index contributed by atoms with van der Waals surface area (Å²) in [5, 5.41) is 5.87. The van der Waals surface area contributed by atoms with Crippen molar-refractivity contribution in [2.45, 2.75) is 6.92 Å². The fourth-order valence-corrected chi connectivity index (χ4v) is 2.20. The zero-order valence-corrected chi connectivity index (χ0v) is 12.8. The van der Waals surface area contributed by atoms with Gasteiger partial charge in [0.2, 0.25) is 12.7 Å². The summed E-state index contributed by atoms with van der Waals surface area (Å²) >= 11 is 0. The summed E-state index contributed by atoms with van der Waals surface area (Å²) < 4.78 is 15.9. The van der Waals surface area contributed by atoms with Crippen LogP contribution in [0.1, 0.15) is 6.92 Å². The highest BCUT2D eigenvalue weighted by Crippen LogP contribution is 2.34. The third-order valence-corrected chi connectivity index (χ3v) is 3.27. The molecule has 0 saturated carbocycles. The standard InChI is InChI=1S/C17H18N2O4/c1-2-21-14-6-3-12(4-7-14)19-17(20)10-18-13-5-8-15-16(9-13)23-11-22-15/h3-9,18H,2,10-11H2,1H3,(H,19,20). The Bertz CT molecular complexity index is 685. The summed E-state index contributed by atoms with van der Waals surface area (Å²) in [6.45, 7) is 2.94. The molecule has 2 aromatic carbocycles. The molecule has 2 N–H and O–H groups in total. The number of hydrogen-bond acceptors (Lipinski definition) is 5. The number of carbonyl (C=O) groups is 1. The van der Waals surface area contributed by atoms with Gasteiger partial charge in [-0.1, -0.05) is 0 Å². The second kappa shape index (κ2) is 6.91. The Kier molecular flexibility index (Phi) is 4.52. The quantitative estimate of drug-likeness (QED) is 0.858. The third-order valence-electron chi connectivity index (χ3n) is 3.27. The van der Waals surface area contributed by atoms with Crippen molar-refractivity contribution in [2.75, 3.05) is 30.6 Å². The highest BCUT2D eigenvalue weighted by molar-refractivity contribution is 5.93. The number of rotatable bonds is 6. The maximum atomic E-state index is 12.0. The first-order valence-corrected chi connectivity index (χ1v) is 7.41. The van der Waals surface area contributed by atoms with Gasteiger partial charge in [0.15, 0.2) is 11.5 Å². The molecule has 0 atom stereocenters. The van der Waals surface area contributed by atoms with E-state index in [1.54, 1.807) is 0 Å². The largest absolute Gasteiger partial charge is 0.494 e. The summed E-state index contributed by atoms with van der Waals surface area (Å²) in [5.41, 5.74) is 1.53. The third kappa shape index (κ3) is 3.85. The number of fused-ring (bicyclic) bond motifs is 1. The molecule has 0 aromatic heterocycles. The summed E-state index contributed by atoms with van der Waals surface area (Å²) in [7, 11) is 0. The molecule has 0 spiro atoms. The number of amides is 1. The van der Waals surface area contributed by atoms with E-state index in [2.05, 4.69) is 10.6 Å². The predicted molar refractivity (Wildman–Crippen MR) is 87.3 cm³/mol. The van der Waals surface area contributed by atoms with E-state index in [0.29, 0.717) is 12.4 Å². The maximum absolute atomic E-state index is 12.0. The lowest BCUT2D eigenvalue weighted by molar-refractivity contribution is -0.114. The van der Waals surface area contributed by atoms with Gasteiger partial charge in [0.25, 0.3) is 0 Å². The molecule has 120 valence electrons. The van der Waals surface area contributed by atoms with Crippen molar-refractivity contribution in [3.63, 3.8) is 0 Å². The molecular formula is C17H18N2O4. The Morgan fingerprint density at radius 1 is 1.09 bits per heavy atom. The van der Waals surface area contributed by atoms with Crippen molar-refractivity contribution < 1.29 is 19.0 Å². The van der Waals surface area contributed by atoms with E-state index < -0.39 is 0 Å². The Hall–Kier alpha value is -2.89. The van der Waals surface area contributed by atoms with Crippen molar-refractivity contribution in [3.05, 3.63) is 42.5 Å². The lowest BCUT2D eigenvalue weighted by atomic mass is 10.2. The minimum Gasteiger partial charge on any atom is -0.494 e. The molecular weight excluding hydrogens is 296 g/mol. The van der Waals surface area contributed by atoms with Crippen LogP contribution in [0.25, 0.3) is 0 Å². The van der Waals surface area contributed by atoms with Gasteiger partial charge in [-0.15, -0.1) is 0 Å². The monoisotopic (exact) mass is 314 g/mol. The van der Waals surface area contributed by atoms with E-state index in [0.717, 1.165) is 22.9 Å². The number of carbonyl (C=O) groups excluding carboxylic acids is 1. The second-order valence-corrected chi connectivity index (χ2v) is 4.93. The molecule has 1 aliphatic heterocycles. The van der Waals surface area contributed by atoms with Crippen molar-refractivity contribution in [2.24, 2.45) is 0 Å². The van der Waals surface area contributed by atoms with Crippen LogP contribution < -0.4 is 24.8 Å². The zero-order chi connectivity index (χ0) is 16.1. The normalized spacial score (nSPS) is 11.9. The molecule has 0 aliphatic carbocycles. The van der Waals surface area contributed by atoms with Crippen LogP contribution in [0, 0.1) is 0 Å². The predicted octanol–water partition coefficient (Wildman–Crippen LogP) is 2.86. The van der Waals surface area contributed by atoms with Crippen molar-refractivity contribution in [3.8, 4) is 17.2 Å². The van der Waals surface area contributed by atoms with Crippen LogP contribution in [0.2, 0.25) is 0 Å². The van der Waals surface area contributed by atoms with E-state index in [4.69, 9.17) is 14.2 Å².